The fourth-order valence-electron chi connectivity index (χ4n) is 5.10. The molecule has 0 radical (unpaired) electrons. The van der Waals surface area contributed by atoms with Crippen LogP contribution in [0, 0.1) is 6.92 Å². The molecule has 1 aliphatic heterocycles. The zero-order chi connectivity index (χ0) is 29.5. The summed E-state index contributed by atoms with van der Waals surface area (Å²) < 4.78 is 19.5. The van der Waals surface area contributed by atoms with Crippen molar-refractivity contribution in [3.8, 4) is 33.5 Å². The van der Waals surface area contributed by atoms with Crippen LogP contribution in [0.3, 0.4) is 0 Å². The Kier molecular flexibility index (Phi) is 6.99. The Hall–Kier alpha value is -4.81. The van der Waals surface area contributed by atoms with Crippen LogP contribution < -0.4 is 9.47 Å². The number of hydrogen-bond acceptors (Lipinski definition) is 10. The minimum atomic E-state index is -0.315. The van der Waals surface area contributed by atoms with E-state index in [4.69, 9.17) is 18.9 Å². The van der Waals surface area contributed by atoms with Gasteiger partial charge >= 0.3 is 0 Å². The van der Waals surface area contributed by atoms with Gasteiger partial charge in [0.05, 0.1) is 42.4 Å². The number of aliphatic hydroxyl groups is 1. The maximum Gasteiger partial charge on any atom is 0.253 e. The van der Waals surface area contributed by atoms with Crippen LogP contribution >= 0.6 is 11.3 Å². The van der Waals surface area contributed by atoms with Gasteiger partial charge in [-0.3, -0.25) is 4.79 Å². The van der Waals surface area contributed by atoms with Crippen molar-refractivity contribution in [2.75, 3.05) is 20.2 Å². The molecule has 0 atom stereocenters. The van der Waals surface area contributed by atoms with Crippen LogP contribution in [0.25, 0.3) is 38.8 Å². The first-order valence-electron chi connectivity index (χ1n) is 13.9. The number of benzene rings is 2. The van der Waals surface area contributed by atoms with E-state index in [1.165, 1.54) is 11.3 Å². The summed E-state index contributed by atoms with van der Waals surface area (Å²) in [6.07, 6.45) is 4.38. The van der Waals surface area contributed by atoms with Crippen molar-refractivity contribution < 1.29 is 23.8 Å². The predicted molar refractivity (Wildman–Crippen MR) is 160 cm³/mol. The number of carbonyl (C=O) groups excluding carboxylic acids is 1. The summed E-state index contributed by atoms with van der Waals surface area (Å²) in [5, 5.41) is 17.7. The normalized spacial score (nSPS) is 14.1. The van der Waals surface area contributed by atoms with Gasteiger partial charge in [0.1, 0.15) is 34.4 Å². The molecule has 11 nitrogen and oxygen atoms in total. The molecule has 1 aliphatic rings. The highest BCUT2D eigenvalue weighted by Gasteiger charge is 2.22. The Bertz CT molecular complexity index is 1940. The first-order valence-corrected chi connectivity index (χ1v) is 14.8. The summed E-state index contributed by atoms with van der Waals surface area (Å²) in [7, 11) is 1.60. The number of piperidine rings is 1. The number of methoxy groups -OCH3 is 1. The van der Waals surface area contributed by atoms with Crippen LogP contribution in [-0.4, -0.2) is 66.8 Å². The average Bonchev–Trinajstić information content (AvgIpc) is 3.78. The van der Waals surface area contributed by atoms with Gasteiger partial charge in [-0.2, -0.15) is 5.10 Å². The van der Waals surface area contributed by atoms with Gasteiger partial charge in [0.25, 0.3) is 11.7 Å². The molecule has 0 spiro atoms. The zero-order valence-corrected chi connectivity index (χ0v) is 24.4. The molecule has 1 saturated heterocycles. The van der Waals surface area contributed by atoms with Crippen LogP contribution in [-0.2, 0) is 6.61 Å². The maximum atomic E-state index is 12.8. The lowest BCUT2D eigenvalue weighted by atomic mass is 10.1. The molecule has 6 aromatic rings. The minimum absolute atomic E-state index is 0.0108. The number of amides is 1. The van der Waals surface area contributed by atoms with Crippen molar-refractivity contribution >= 4 is 34.0 Å². The molecule has 4 aromatic heterocycles. The number of ether oxygens (including phenoxy) is 2. The monoisotopic (exact) mass is 596 g/mol. The van der Waals surface area contributed by atoms with E-state index in [-0.39, 0.29) is 18.6 Å². The van der Waals surface area contributed by atoms with Gasteiger partial charge in [-0.25, -0.2) is 19.5 Å². The highest BCUT2D eigenvalue weighted by molar-refractivity contribution is 7.13. The van der Waals surface area contributed by atoms with Gasteiger partial charge in [-0.15, -0.1) is 11.3 Å². The van der Waals surface area contributed by atoms with Crippen molar-refractivity contribution in [1.82, 2.24) is 29.5 Å². The second-order valence-electron chi connectivity index (χ2n) is 10.5. The van der Waals surface area contributed by atoms with Gasteiger partial charge < -0.3 is 23.9 Å². The summed E-state index contributed by atoms with van der Waals surface area (Å²) >= 11 is 1.52. The number of aromatic nitrogens is 5. The smallest absolute Gasteiger partial charge is 0.253 e. The van der Waals surface area contributed by atoms with E-state index in [9.17, 15) is 9.90 Å². The van der Waals surface area contributed by atoms with Crippen LogP contribution in [0.1, 0.15) is 34.6 Å². The third kappa shape index (κ3) is 5.42. The number of furan rings is 1. The second-order valence-corrected chi connectivity index (χ2v) is 11.3. The molecular weight excluding hydrogens is 568 g/mol. The summed E-state index contributed by atoms with van der Waals surface area (Å²) in [4.78, 5) is 28.3. The number of carbonyl (C=O) groups is 1. The third-order valence-corrected chi connectivity index (χ3v) is 8.36. The van der Waals surface area contributed by atoms with Crippen molar-refractivity contribution in [2.24, 2.45) is 0 Å². The maximum absolute atomic E-state index is 12.8. The van der Waals surface area contributed by atoms with Gasteiger partial charge in [-0.1, -0.05) is 12.1 Å². The van der Waals surface area contributed by atoms with E-state index in [2.05, 4.69) is 15.1 Å². The fraction of sp³-hybridized carbons (Fsp3) is 0.258. The molecule has 7 rings (SSSR count). The van der Waals surface area contributed by atoms with Crippen LogP contribution in [0.15, 0.2) is 64.7 Å². The highest BCUT2D eigenvalue weighted by atomic mass is 32.1. The number of aliphatic hydroxyl groups excluding tert-OH is 1. The van der Waals surface area contributed by atoms with Crippen molar-refractivity contribution in [3.63, 3.8) is 0 Å². The van der Waals surface area contributed by atoms with Gasteiger partial charge in [0.15, 0.2) is 5.76 Å². The van der Waals surface area contributed by atoms with Crippen molar-refractivity contribution in [3.05, 3.63) is 77.2 Å². The molecule has 0 bridgehead atoms. The number of fused-ring (bicyclic) bond motifs is 2. The quantitative estimate of drug-likeness (QED) is 0.266. The number of hydrogen-bond donors (Lipinski definition) is 1. The molecule has 1 fully saturated rings. The molecule has 1 N–H and O–H groups in total. The topological polar surface area (TPSA) is 128 Å². The summed E-state index contributed by atoms with van der Waals surface area (Å²) in [6, 6.07) is 13.0. The van der Waals surface area contributed by atoms with Gasteiger partial charge in [0.2, 0.25) is 0 Å². The third-order valence-electron chi connectivity index (χ3n) is 7.42. The number of thiazole rings is 1. The Morgan fingerprint density at radius 2 is 1.95 bits per heavy atom. The average molecular weight is 597 g/mol. The highest BCUT2D eigenvalue weighted by Crippen LogP contribution is 2.37. The molecule has 1 amide bonds. The van der Waals surface area contributed by atoms with E-state index in [0.717, 1.165) is 27.3 Å². The van der Waals surface area contributed by atoms with Crippen LogP contribution in [0.2, 0.25) is 0 Å². The lowest BCUT2D eigenvalue weighted by Gasteiger charge is -2.29. The first kappa shape index (κ1) is 27.0. The SMILES string of the molecule is COc1cc(OCc2csc(-c3ccc(C(=O)N4CCC(O)CC4)cc3)n2)c2cc(-c3cn4nc(C)cnc4n3)oc2c1. The lowest BCUT2D eigenvalue weighted by molar-refractivity contribution is 0.0546. The Balaban J connectivity index is 1.08. The van der Waals surface area contributed by atoms with E-state index >= 15 is 0 Å². The molecule has 43 heavy (non-hydrogen) atoms. The number of imidazole rings is 1. The van der Waals surface area contributed by atoms with Crippen molar-refractivity contribution in [1.29, 1.82) is 0 Å². The van der Waals surface area contributed by atoms with Crippen LogP contribution in [0.5, 0.6) is 11.5 Å². The molecule has 5 heterocycles. The van der Waals surface area contributed by atoms with Gasteiger partial charge in [-0.05, 0) is 38.0 Å². The van der Waals surface area contributed by atoms with Crippen molar-refractivity contribution in [2.45, 2.75) is 32.5 Å². The first-order chi connectivity index (χ1) is 20.9. The molecule has 0 saturated carbocycles. The summed E-state index contributed by atoms with van der Waals surface area (Å²) in [5.74, 6) is 2.24. The second kappa shape index (κ2) is 11.1. The Labute approximate surface area is 250 Å². The number of nitrogens with zero attached hydrogens (tertiary/aromatic N) is 6. The molecular formula is C31H28N6O5S. The fourth-order valence-corrected chi connectivity index (χ4v) is 5.91. The van der Waals surface area contributed by atoms with E-state index in [1.54, 1.807) is 28.9 Å². The molecule has 218 valence electrons. The summed E-state index contributed by atoms with van der Waals surface area (Å²) in [5.41, 5.74) is 4.34. The number of likely N-dealkylation sites (tertiary alicyclic amines) is 1. The van der Waals surface area contributed by atoms with Gasteiger partial charge in [0, 0.05) is 41.7 Å². The lowest BCUT2D eigenvalue weighted by Crippen LogP contribution is -2.40. The summed E-state index contributed by atoms with van der Waals surface area (Å²) in [6.45, 7) is 3.27. The van der Waals surface area contributed by atoms with E-state index in [1.807, 2.05) is 54.8 Å². The van der Waals surface area contributed by atoms with E-state index < -0.39 is 0 Å². The minimum Gasteiger partial charge on any atom is -0.496 e. The predicted octanol–water partition coefficient (Wildman–Crippen LogP) is 5.15. The van der Waals surface area contributed by atoms with Crippen LogP contribution in [0.4, 0.5) is 0 Å². The number of rotatable bonds is 7. The Morgan fingerprint density at radius 1 is 1.14 bits per heavy atom. The Morgan fingerprint density at radius 3 is 2.74 bits per heavy atom. The molecule has 2 aromatic carbocycles. The largest absolute Gasteiger partial charge is 0.496 e. The number of aryl methyl sites for hydroxylation is 1. The molecule has 0 unspecified atom stereocenters. The zero-order valence-electron chi connectivity index (χ0n) is 23.6. The standard InChI is InChI=1S/C31H28N6O5S/c1-18-14-32-31-34-25(15-37(31)35-18)28-13-24-26(11-23(40-2)12-27(24)42-28)41-16-21-17-43-29(33-21)19-3-5-20(6-4-19)30(39)36-9-7-22(38)8-10-36/h3-6,11-15,17,22,38H,7-10,16H2,1-2H3. The molecule has 12 heteroatoms. The van der Waals surface area contributed by atoms with E-state index in [0.29, 0.717) is 65.8 Å². The molecule has 0 aliphatic carbocycles.